The maximum absolute atomic E-state index is 5.71. The molecular weight excluding hydrogens is 288 g/mol. The van der Waals surface area contributed by atoms with Crippen LogP contribution in [0.2, 0.25) is 0 Å². The third kappa shape index (κ3) is 2.71. The molecule has 120 valence electrons. The summed E-state index contributed by atoms with van der Waals surface area (Å²) in [5.41, 5.74) is 3.81. The van der Waals surface area contributed by atoms with Gasteiger partial charge in [0, 0.05) is 31.3 Å². The number of nitrogens with zero attached hydrogens (tertiary/aromatic N) is 3. The Morgan fingerprint density at radius 3 is 3.13 bits per heavy atom. The molecule has 3 heterocycles. The molecule has 1 aliphatic heterocycles. The Morgan fingerprint density at radius 1 is 1.35 bits per heavy atom. The number of anilines is 1. The second kappa shape index (κ2) is 5.72. The van der Waals surface area contributed by atoms with Gasteiger partial charge in [0.05, 0.1) is 5.69 Å². The number of aryl methyl sites for hydroxylation is 1. The van der Waals surface area contributed by atoms with Crippen molar-refractivity contribution in [3.63, 3.8) is 0 Å². The highest BCUT2D eigenvalue weighted by Crippen LogP contribution is 2.28. The number of aromatic nitrogens is 3. The Balaban J connectivity index is 1.66. The predicted molar refractivity (Wildman–Crippen MR) is 91.5 cm³/mol. The normalized spacial score (nSPS) is 17.4. The highest BCUT2D eigenvalue weighted by Gasteiger charge is 2.18. The summed E-state index contributed by atoms with van der Waals surface area (Å²) >= 11 is 0. The maximum Gasteiger partial charge on any atom is 0.295 e. The van der Waals surface area contributed by atoms with Crippen LogP contribution in [0, 0.1) is 5.92 Å². The first-order valence-corrected chi connectivity index (χ1v) is 8.44. The summed E-state index contributed by atoms with van der Waals surface area (Å²) in [4.78, 5) is 9.34. The van der Waals surface area contributed by atoms with Crippen LogP contribution in [0.4, 0.5) is 6.01 Å². The molecule has 1 N–H and O–H groups in total. The van der Waals surface area contributed by atoms with Crippen molar-refractivity contribution < 1.29 is 4.42 Å². The van der Waals surface area contributed by atoms with Gasteiger partial charge < -0.3 is 14.3 Å². The van der Waals surface area contributed by atoms with E-state index < -0.39 is 0 Å². The van der Waals surface area contributed by atoms with Crippen LogP contribution < -0.4 is 5.32 Å². The van der Waals surface area contributed by atoms with Crippen LogP contribution in [0.1, 0.15) is 32.5 Å². The van der Waals surface area contributed by atoms with Crippen molar-refractivity contribution in [1.82, 2.24) is 14.5 Å². The lowest BCUT2D eigenvalue weighted by molar-refractivity contribution is 0.409. The zero-order chi connectivity index (χ0) is 15.8. The number of rotatable bonds is 4. The Morgan fingerprint density at radius 2 is 2.26 bits per heavy atom. The highest BCUT2D eigenvalue weighted by atomic mass is 16.4. The van der Waals surface area contributed by atoms with Gasteiger partial charge in [-0.15, -0.1) is 0 Å². The molecule has 0 saturated heterocycles. The van der Waals surface area contributed by atoms with E-state index in [4.69, 9.17) is 9.40 Å². The van der Waals surface area contributed by atoms with Crippen molar-refractivity contribution >= 4 is 17.1 Å². The molecule has 1 aliphatic rings. The molecule has 1 unspecified atom stereocenters. The fourth-order valence-electron chi connectivity index (χ4n) is 3.12. The molecule has 0 aliphatic carbocycles. The van der Waals surface area contributed by atoms with Gasteiger partial charge in [-0.25, -0.2) is 4.98 Å². The molecule has 2 aromatic heterocycles. The van der Waals surface area contributed by atoms with Crippen LogP contribution in [0.25, 0.3) is 22.4 Å². The van der Waals surface area contributed by atoms with Crippen LogP contribution in [0.3, 0.4) is 0 Å². The van der Waals surface area contributed by atoms with E-state index in [0.717, 1.165) is 54.2 Å². The lowest BCUT2D eigenvalue weighted by Gasteiger charge is -2.18. The second-order valence-electron chi connectivity index (χ2n) is 6.46. The lowest BCUT2D eigenvalue weighted by atomic mass is 10.0. The van der Waals surface area contributed by atoms with Crippen LogP contribution >= 0.6 is 0 Å². The van der Waals surface area contributed by atoms with Gasteiger partial charge in [-0.05, 0) is 37.0 Å². The molecule has 1 aromatic carbocycles. The fourth-order valence-corrected chi connectivity index (χ4v) is 3.12. The molecule has 23 heavy (non-hydrogen) atoms. The third-order valence-electron chi connectivity index (χ3n) is 4.46. The van der Waals surface area contributed by atoms with Gasteiger partial charge >= 0.3 is 0 Å². The van der Waals surface area contributed by atoms with Crippen molar-refractivity contribution in [1.29, 1.82) is 0 Å². The minimum Gasteiger partial charge on any atom is -0.424 e. The van der Waals surface area contributed by atoms with E-state index in [-0.39, 0.29) is 0 Å². The Kier molecular flexibility index (Phi) is 3.56. The van der Waals surface area contributed by atoms with Gasteiger partial charge in [-0.3, -0.25) is 0 Å². The van der Waals surface area contributed by atoms with Crippen molar-refractivity contribution in [2.45, 2.75) is 39.7 Å². The Labute approximate surface area is 135 Å². The van der Waals surface area contributed by atoms with Gasteiger partial charge in [-0.2, -0.15) is 4.98 Å². The summed E-state index contributed by atoms with van der Waals surface area (Å²) in [6.45, 7) is 6.35. The monoisotopic (exact) mass is 310 g/mol. The molecule has 5 heteroatoms. The van der Waals surface area contributed by atoms with Gasteiger partial charge in [0.25, 0.3) is 6.01 Å². The first kappa shape index (κ1) is 14.3. The minimum atomic E-state index is 0.594. The summed E-state index contributed by atoms with van der Waals surface area (Å²) < 4.78 is 8.00. The van der Waals surface area contributed by atoms with Crippen LogP contribution in [-0.2, 0) is 13.0 Å². The Bertz CT molecular complexity index is 833. The number of fused-ring (bicyclic) bond motifs is 2. The summed E-state index contributed by atoms with van der Waals surface area (Å²) in [7, 11) is 0. The fraction of sp³-hybridized carbons (Fsp3) is 0.444. The van der Waals surface area contributed by atoms with E-state index in [1.165, 1.54) is 12.2 Å². The summed E-state index contributed by atoms with van der Waals surface area (Å²) in [6, 6.07) is 6.70. The summed E-state index contributed by atoms with van der Waals surface area (Å²) in [6.07, 6.45) is 5.51. The maximum atomic E-state index is 5.71. The number of hydrogen-bond donors (Lipinski definition) is 1. The van der Waals surface area contributed by atoms with Gasteiger partial charge in [-0.1, -0.05) is 13.8 Å². The van der Waals surface area contributed by atoms with Gasteiger partial charge in [0.1, 0.15) is 11.3 Å². The predicted octanol–water partition coefficient (Wildman–Crippen LogP) is 4.10. The molecule has 0 fully saturated rings. The van der Waals surface area contributed by atoms with E-state index in [1.54, 1.807) is 0 Å². The van der Waals surface area contributed by atoms with Crippen molar-refractivity contribution in [2.75, 3.05) is 11.9 Å². The number of oxazole rings is 1. The van der Waals surface area contributed by atoms with Crippen LogP contribution in [0.15, 0.2) is 28.8 Å². The Hall–Kier alpha value is -2.30. The average Bonchev–Trinajstić information content (AvgIpc) is 3.14. The van der Waals surface area contributed by atoms with Crippen LogP contribution in [-0.4, -0.2) is 21.1 Å². The van der Waals surface area contributed by atoms with E-state index >= 15 is 0 Å². The van der Waals surface area contributed by atoms with Gasteiger partial charge in [0.15, 0.2) is 5.58 Å². The molecule has 4 rings (SSSR count). The largest absolute Gasteiger partial charge is 0.424 e. The zero-order valence-corrected chi connectivity index (χ0v) is 13.7. The van der Waals surface area contributed by atoms with Crippen molar-refractivity contribution in [3.05, 3.63) is 30.2 Å². The zero-order valence-electron chi connectivity index (χ0n) is 13.7. The molecular formula is C18H22N4O. The standard InChI is InChI=1S/C18H22N4O/c1-3-7-19-18-21-14-10-13(4-5-16(14)23-18)15-11-22-8-6-12(2)9-17(22)20-15/h4-5,10-12H,3,6-9H2,1-2H3,(H,19,21). The smallest absolute Gasteiger partial charge is 0.295 e. The van der Waals surface area contributed by atoms with Crippen LogP contribution in [0.5, 0.6) is 0 Å². The van der Waals surface area contributed by atoms with E-state index in [2.05, 4.69) is 47.0 Å². The summed E-state index contributed by atoms with van der Waals surface area (Å²) in [5, 5.41) is 3.19. The molecule has 5 nitrogen and oxygen atoms in total. The number of nitrogens with one attached hydrogen (secondary N) is 1. The average molecular weight is 310 g/mol. The number of hydrogen-bond acceptors (Lipinski definition) is 4. The molecule has 0 bridgehead atoms. The topological polar surface area (TPSA) is 55.9 Å². The molecule has 1 atom stereocenters. The third-order valence-corrected chi connectivity index (χ3v) is 4.46. The van der Waals surface area contributed by atoms with Crippen molar-refractivity contribution in [3.8, 4) is 11.3 Å². The molecule has 3 aromatic rings. The first-order valence-electron chi connectivity index (χ1n) is 8.44. The number of imidazole rings is 1. The van der Waals surface area contributed by atoms with Crippen molar-refractivity contribution in [2.24, 2.45) is 5.92 Å². The quantitative estimate of drug-likeness (QED) is 0.788. The van der Waals surface area contributed by atoms with E-state index in [1.807, 2.05) is 6.07 Å². The first-order chi connectivity index (χ1) is 11.2. The van der Waals surface area contributed by atoms with E-state index in [0.29, 0.717) is 6.01 Å². The minimum absolute atomic E-state index is 0.594. The SMILES string of the molecule is CCCNc1nc2cc(-c3cn4c(n3)CC(C)CC4)ccc2o1. The molecule has 0 spiro atoms. The highest BCUT2D eigenvalue weighted by molar-refractivity contribution is 5.80. The molecule has 0 radical (unpaired) electrons. The van der Waals surface area contributed by atoms with Gasteiger partial charge in [0.2, 0.25) is 0 Å². The molecule has 0 saturated carbocycles. The number of benzene rings is 1. The summed E-state index contributed by atoms with van der Waals surface area (Å²) in [5.74, 6) is 1.92. The van der Waals surface area contributed by atoms with E-state index in [9.17, 15) is 0 Å². The molecule has 0 amide bonds. The lowest BCUT2D eigenvalue weighted by Crippen LogP contribution is -2.16. The second-order valence-corrected chi connectivity index (χ2v) is 6.46.